The maximum Gasteiger partial charge on any atom is 0.236 e. The van der Waals surface area contributed by atoms with Crippen LogP contribution in [-0.4, -0.2) is 37.0 Å². The first-order valence-electron chi connectivity index (χ1n) is 6.86. The van der Waals surface area contributed by atoms with E-state index in [0.717, 1.165) is 13.0 Å². The number of rotatable bonds is 4. The normalized spacial score (nSPS) is 23.6. The number of halogens is 2. The van der Waals surface area contributed by atoms with Crippen LogP contribution >= 0.6 is 36.2 Å². The molecule has 1 aliphatic heterocycles. The Labute approximate surface area is 143 Å². The van der Waals surface area contributed by atoms with Crippen molar-refractivity contribution in [2.45, 2.75) is 31.8 Å². The van der Waals surface area contributed by atoms with Crippen molar-refractivity contribution < 1.29 is 4.79 Å². The van der Waals surface area contributed by atoms with E-state index in [4.69, 9.17) is 5.73 Å². The fourth-order valence-corrected chi connectivity index (χ4v) is 3.76. The molecule has 0 saturated carbocycles. The van der Waals surface area contributed by atoms with Gasteiger partial charge < -0.3 is 11.1 Å². The van der Waals surface area contributed by atoms with E-state index in [-0.39, 0.29) is 30.7 Å². The zero-order valence-electron chi connectivity index (χ0n) is 12.5. The van der Waals surface area contributed by atoms with Gasteiger partial charge in [-0.15, -0.1) is 36.2 Å². The van der Waals surface area contributed by atoms with Crippen LogP contribution in [0.1, 0.15) is 30.7 Å². The number of nitrogens with two attached hydrogens (primary N) is 1. The lowest BCUT2D eigenvalue weighted by Gasteiger charge is -2.39. The molecule has 0 bridgehead atoms. The van der Waals surface area contributed by atoms with Crippen LogP contribution in [0.5, 0.6) is 0 Å². The maximum atomic E-state index is 11.6. The van der Waals surface area contributed by atoms with Gasteiger partial charge in [-0.05, 0) is 50.7 Å². The molecule has 21 heavy (non-hydrogen) atoms. The van der Waals surface area contributed by atoms with Crippen molar-refractivity contribution in [1.82, 2.24) is 10.2 Å². The Balaban J connectivity index is 0.00000200. The Morgan fingerprint density at radius 3 is 2.86 bits per heavy atom. The van der Waals surface area contributed by atoms with Gasteiger partial charge in [0.05, 0.1) is 6.04 Å². The number of carbonyl (C=O) groups is 1. The topological polar surface area (TPSA) is 58.4 Å². The highest BCUT2D eigenvalue weighted by atomic mass is 35.5. The number of hydrogen-bond donors (Lipinski definition) is 2. The van der Waals surface area contributed by atoms with E-state index in [0.29, 0.717) is 18.5 Å². The first kappa shape index (κ1) is 20.7. The Morgan fingerprint density at radius 2 is 2.29 bits per heavy atom. The molecule has 0 spiro atoms. The van der Waals surface area contributed by atoms with E-state index in [1.54, 1.807) is 18.3 Å². The van der Waals surface area contributed by atoms with E-state index >= 15 is 0 Å². The second-order valence-electron chi connectivity index (χ2n) is 5.38. The lowest BCUT2D eigenvalue weighted by Crippen LogP contribution is -2.45. The summed E-state index contributed by atoms with van der Waals surface area (Å²) in [6, 6.07) is 4.28. The van der Waals surface area contributed by atoms with Crippen LogP contribution in [0.3, 0.4) is 0 Å². The molecule has 122 valence electrons. The molecule has 1 amide bonds. The first-order chi connectivity index (χ1) is 9.09. The largest absolute Gasteiger partial charge is 0.354 e. The summed E-state index contributed by atoms with van der Waals surface area (Å²) in [4.78, 5) is 15.4. The number of nitrogens with one attached hydrogen (secondary N) is 1. The summed E-state index contributed by atoms with van der Waals surface area (Å²) >= 11 is 1.80. The van der Waals surface area contributed by atoms with Crippen molar-refractivity contribution in [3.63, 3.8) is 0 Å². The molecule has 7 heteroatoms. The van der Waals surface area contributed by atoms with Crippen LogP contribution in [0.25, 0.3) is 0 Å². The quantitative estimate of drug-likeness (QED) is 0.873. The lowest BCUT2D eigenvalue weighted by molar-refractivity contribution is -0.122. The fourth-order valence-electron chi connectivity index (χ4n) is 2.78. The van der Waals surface area contributed by atoms with E-state index in [2.05, 4.69) is 34.8 Å². The standard InChI is InChI=1S/C14H23N3OS.2ClH/c1-10(15)14(18)16-9-11-5-3-7-17(2)13(11)12-6-4-8-19-12;;/h4,6,8,10-11,13H,3,5,7,9,15H2,1-2H3,(H,16,18);2*1H/t10-,11?,13?;;/m1../s1. The van der Waals surface area contributed by atoms with Gasteiger partial charge >= 0.3 is 0 Å². The number of hydrogen-bond acceptors (Lipinski definition) is 4. The van der Waals surface area contributed by atoms with Crippen molar-refractivity contribution in [2.75, 3.05) is 20.1 Å². The molecule has 1 fully saturated rings. The van der Waals surface area contributed by atoms with Crippen molar-refractivity contribution >= 4 is 42.1 Å². The second-order valence-corrected chi connectivity index (χ2v) is 6.36. The van der Waals surface area contributed by atoms with Crippen molar-refractivity contribution in [3.8, 4) is 0 Å². The van der Waals surface area contributed by atoms with E-state index in [1.165, 1.54) is 11.3 Å². The maximum absolute atomic E-state index is 11.6. The van der Waals surface area contributed by atoms with E-state index in [1.807, 2.05) is 0 Å². The molecule has 2 heterocycles. The van der Waals surface area contributed by atoms with Gasteiger partial charge in [0, 0.05) is 17.5 Å². The monoisotopic (exact) mass is 353 g/mol. The van der Waals surface area contributed by atoms with Crippen LogP contribution in [0.2, 0.25) is 0 Å². The van der Waals surface area contributed by atoms with Gasteiger partial charge in [0.15, 0.2) is 0 Å². The number of thiophene rings is 1. The molecule has 1 aliphatic rings. The second kappa shape index (κ2) is 9.64. The zero-order chi connectivity index (χ0) is 13.8. The minimum absolute atomic E-state index is 0. The number of amides is 1. The third-order valence-electron chi connectivity index (χ3n) is 3.79. The van der Waals surface area contributed by atoms with Gasteiger partial charge in [0.1, 0.15) is 0 Å². The number of carbonyl (C=O) groups excluding carboxylic acids is 1. The number of nitrogens with zero attached hydrogens (tertiary/aromatic N) is 1. The van der Waals surface area contributed by atoms with E-state index < -0.39 is 6.04 Å². The molecule has 4 nitrogen and oxygen atoms in total. The fraction of sp³-hybridized carbons (Fsp3) is 0.643. The molecule has 1 aromatic heterocycles. The first-order valence-corrected chi connectivity index (χ1v) is 7.74. The Hall–Kier alpha value is -0.330. The molecule has 2 rings (SSSR count). The summed E-state index contributed by atoms with van der Waals surface area (Å²) in [5, 5.41) is 5.10. The zero-order valence-corrected chi connectivity index (χ0v) is 14.9. The minimum Gasteiger partial charge on any atom is -0.354 e. The van der Waals surface area contributed by atoms with Crippen molar-refractivity contribution in [3.05, 3.63) is 22.4 Å². The Kier molecular flexibility index (Phi) is 9.49. The summed E-state index contributed by atoms with van der Waals surface area (Å²) in [5.74, 6) is 0.415. The van der Waals surface area contributed by atoms with Gasteiger partial charge in [-0.25, -0.2) is 0 Å². The highest BCUT2D eigenvalue weighted by Gasteiger charge is 2.31. The van der Waals surface area contributed by atoms with E-state index in [9.17, 15) is 4.79 Å². The molecular weight excluding hydrogens is 329 g/mol. The van der Waals surface area contributed by atoms with Gasteiger partial charge in [-0.3, -0.25) is 9.69 Å². The smallest absolute Gasteiger partial charge is 0.236 e. The summed E-state index contributed by atoms with van der Waals surface area (Å²) in [6.07, 6.45) is 2.35. The number of likely N-dealkylation sites (tertiary alicyclic amines) is 1. The van der Waals surface area contributed by atoms with Crippen LogP contribution in [0, 0.1) is 5.92 Å². The van der Waals surface area contributed by atoms with Crippen LogP contribution in [0.15, 0.2) is 17.5 Å². The highest BCUT2D eigenvalue weighted by molar-refractivity contribution is 7.10. The molecule has 1 aromatic rings. The molecular formula is C14H25Cl2N3OS. The Bertz CT molecular complexity index is 414. The predicted octanol–water partition coefficient (Wildman–Crippen LogP) is 2.44. The van der Waals surface area contributed by atoms with Crippen LogP contribution < -0.4 is 11.1 Å². The third-order valence-corrected chi connectivity index (χ3v) is 4.74. The minimum atomic E-state index is -0.429. The number of piperidine rings is 1. The molecule has 3 N–H and O–H groups in total. The summed E-state index contributed by atoms with van der Waals surface area (Å²) < 4.78 is 0. The summed E-state index contributed by atoms with van der Waals surface area (Å²) in [6.45, 7) is 3.56. The molecule has 1 saturated heterocycles. The summed E-state index contributed by atoms with van der Waals surface area (Å²) in [7, 11) is 2.17. The van der Waals surface area contributed by atoms with Gasteiger partial charge in [-0.1, -0.05) is 6.07 Å². The average molecular weight is 354 g/mol. The molecule has 3 atom stereocenters. The average Bonchev–Trinajstić information content (AvgIpc) is 2.89. The van der Waals surface area contributed by atoms with Crippen molar-refractivity contribution in [2.24, 2.45) is 11.7 Å². The van der Waals surface area contributed by atoms with Crippen LogP contribution in [0.4, 0.5) is 0 Å². The predicted molar refractivity (Wildman–Crippen MR) is 93.6 cm³/mol. The van der Waals surface area contributed by atoms with Gasteiger partial charge in [0.2, 0.25) is 5.91 Å². The molecule has 0 aliphatic carbocycles. The van der Waals surface area contributed by atoms with Crippen molar-refractivity contribution in [1.29, 1.82) is 0 Å². The lowest BCUT2D eigenvalue weighted by atomic mass is 9.88. The highest BCUT2D eigenvalue weighted by Crippen LogP contribution is 2.36. The van der Waals surface area contributed by atoms with Crippen LogP contribution in [-0.2, 0) is 4.79 Å². The molecule has 2 unspecified atom stereocenters. The Morgan fingerprint density at radius 1 is 1.57 bits per heavy atom. The third kappa shape index (κ3) is 5.42. The molecule has 0 radical (unpaired) electrons. The summed E-state index contributed by atoms with van der Waals surface area (Å²) in [5.41, 5.74) is 5.59. The van der Waals surface area contributed by atoms with Gasteiger partial charge in [-0.2, -0.15) is 0 Å². The molecule has 0 aromatic carbocycles. The van der Waals surface area contributed by atoms with Gasteiger partial charge in [0.25, 0.3) is 0 Å². The SMILES string of the molecule is C[C@@H](N)C(=O)NCC1CCCN(C)C1c1cccs1.Cl.Cl.